The Kier molecular flexibility index (Phi) is 4.16. The molecule has 88 valence electrons. The first-order valence-corrected chi connectivity index (χ1v) is 6.73. The van der Waals surface area contributed by atoms with Gasteiger partial charge in [0.1, 0.15) is 0 Å². The third-order valence-electron chi connectivity index (χ3n) is 2.99. The van der Waals surface area contributed by atoms with Gasteiger partial charge in [0.25, 0.3) is 0 Å². The molecule has 0 fully saturated rings. The van der Waals surface area contributed by atoms with Gasteiger partial charge >= 0.3 is 0 Å². The fraction of sp³-hybridized carbons (Fsp3) is 0.538. The Morgan fingerprint density at radius 2 is 2.44 bits per heavy atom. The fourth-order valence-electron chi connectivity index (χ4n) is 2.19. The monoisotopic (exact) mass is 237 g/mol. The van der Waals surface area contributed by atoms with Gasteiger partial charge in [-0.05, 0) is 31.2 Å². The summed E-state index contributed by atoms with van der Waals surface area (Å²) in [4.78, 5) is 1.43. The number of hydrogen-bond acceptors (Lipinski definition) is 3. The Morgan fingerprint density at radius 3 is 3.06 bits per heavy atom. The van der Waals surface area contributed by atoms with Gasteiger partial charge in [-0.15, -0.1) is 11.3 Å². The molecule has 0 spiro atoms. The van der Waals surface area contributed by atoms with Crippen LogP contribution in [0.25, 0.3) is 0 Å². The van der Waals surface area contributed by atoms with E-state index < -0.39 is 0 Å². The Morgan fingerprint density at radius 1 is 1.56 bits per heavy atom. The van der Waals surface area contributed by atoms with Crippen molar-refractivity contribution in [3.8, 4) is 0 Å². The van der Waals surface area contributed by atoms with Crippen LogP contribution in [-0.2, 0) is 6.42 Å². The predicted octanol–water partition coefficient (Wildman–Crippen LogP) is 2.21. The Hall–Kier alpha value is -0.640. The molecule has 2 nitrogen and oxygen atoms in total. The summed E-state index contributed by atoms with van der Waals surface area (Å²) in [5, 5.41) is 14.8. The van der Waals surface area contributed by atoms with E-state index in [-0.39, 0.29) is 6.61 Å². The summed E-state index contributed by atoms with van der Waals surface area (Å²) >= 11 is 1.82. The molecule has 3 heteroatoms. The molecule has 16 heavy (non-hydrogen) atoms. The van der Waals surface area contributed by atoms with Crippen molar-refractivity contribution in [2.45, 2.75) is 31.8 Å². The highest BCUT2D eigenvalue weighted by Gasteiger charge is 2.19. The minimum Gasteiger partial charge on any atom is -0.396 e. The fourth-order valence-corrected chi connectivity index (χ4v) is 3.02. The maximum atomic E-state index is 9.05. The lowest BCUT2D eigenvalue weighted by molar-refractivity contribution is 0.245. The minimum absolute atomic E-state index is 0.272. The van der Waals surface area contributed by atoms with E-state index in [1.807, 2.05) is 11.3 Å². The Labute approximate surface area is 101 Å². The van der Waals surface area contributed by atoms with Crippen LogP contribution in [0.2, 0.25) is 0 Å². The van der Waals surface area contributed by atoms with Gasteiger partial charge in [-0.25, -0.2) is 0 Å². The van der Waals surface area contributed by atoms with Crippen molar-refractivity contribution in [1.29, 1.82) is 0 Å². The molecule has 1 heterocycles. The van der Waals surface area contributed by atoms with Crippen molar-refractivity contribution in [3.05, 3.63) is 34.5 Å². The molecule has 0 aliphatic heterocycles. The van der Waals surface area contributed by atoms with Crippen LogP contribution < -0.4 is 5.32 Å². The predicted molar refractivity (Wildman–Crippen MR) is 68.7 cm³/mol. The van der Waals surface area contributed by atoms with Crippen LogP contribution in [0, 0.1) is 5.92 Å². The number of rotatable bonds is 5. The summed E-state index contributed by atoms with van der Waals surface area (Å²) in [6.45, 7) is 2.49. The van der Waals surface area contributed by atoms with Crippen LogP contribution in [0.4, 0.5) is 0 Å². The van der Waals surface area contributed by atoms with Crippen molar-refractivity contribution in [2.75, 3.05) is 6.61 Å². The van der Waals surface area contributed by atoms with Crippen LogP contribution in [0.5, 0.6) is 0 Å². The van der Waals surface area contributed by atoms with E-state index in [0.717, 1.165) is 12.8 Å². The third-order valence-corrected chi connectivity index (χ3v) is 3.89. The molecule has 0 bridgehead atoms. The molecular weight excluding hydrogens is 218 g/mol. The van der Waals surface area contributed by atoms with Crippen molar-refractivity contribution in [1.82, 2.24) is 5.32 Å². The highest BCUT2D eigenvalue weighted by atomic mass is 32.1. The molecule has 1 aromatic heterocycles. The van der Waals surface area contributed by atoms with Crippen molar-refractivity contribution in [3.63, 3.8) is 0 Å². The average molecular weight is 237 g/mol. The van der Waals surface area contributed by atoms with Crippen molar-refractivity contribution < 1.29 is 5.11 Å². The van der Waals surface area contributed by atoms with E-state index in [1.165, 1.54) is 4.88 Å². The number of nitrogens with one attached hydrogen (secondary N) is 1. The molecule has 1 aliphatic rings. The molecule has 0 radical (unpaired) electrons. The van der Waals surface area contributed by atoms with E-state index in [1.54, 1.807) is 0 Å². The normalized spacial score (nSPS) is 26.1. The molecule has 3 atom stereocenters. The van der Waals surface area contributed by atoms with Crippen LogP contribution in [0.3, 0.4) is 0 Å². The molecular formula is C13H19NOS. The van der Waals surface area contributed by atoms with E-state index in [0.29, 0.717) is 18.0 Å². The standard InChI is InChI=1S/C13H19NOS/c1-10(7-13-3-2-6-16-13)14-12-5-4-11(8-12)9-15/h2-6,10-12,14-15H,7-9H2,1H3/t10?,11-,12+/m0/s1. The molecule has 2 N–H and O–H groups in total. The second kappa shape index (κ2) is 5.62. The maximum Gasteiger partial charge on any atom is 0.0494 e. The zero-order valence-corrected chi connectivity index (χ0v) is 10.4. The third kappa shape index (κ3) is 3.17. The molecule has 0 aromatic carbocycles. The first kappa shape index (κ1) is 11.8. The summed E-state index contributed by atoms with van der Waals surface area (Å²) in [5.41, 5.74) is 0. The first-order chi connectivity index (χ1) is 7.78. The van der Waals surface area contributed by atoms with Gasteiger partial charge in [-0.3, -0.25) is 0 Å². The quantitative estimate of drug-likeness (QED) is 0.770. The van der Waals surface area contributed by atoms with Crippen LogP contribution >= 0.6 is 11.3 Å². The zero-order valence-electron chi connectivity index (χ0n) is 9.60. The molecule has 0 saturated heterocycles. The van der Waals surface area contributed by atoms with Crippen molar-refractivity contribution >= 4 is 11.3 Å². The highest BCUT2D eigenvalue weighted by Crippen LogP contribution is 2.18. The largest absolute Gasteiger partial charge is 0.396 e. The van der Waals surface area contributed by atoms with Crippen LogP contribution in [-0.4, -0.2) is 23.8 Å². The topological polar surface area (TPSA) is 32.3 Å². The maximum absolute atomic E-state index is 9.05. The lowest BCUT2D eigenvalue weighted by Crippen LogP contribution is -2.36. The summed E-state index contributed by atoms with van der Waals surface area (Å²) in [6.07, 6.45) is 6.43. The SMILES string of the molecule is CC(Cc1cccs1)N[C@@H]1C=C[C@H](CO)C1. The lowest BCUT2D eigenvalue weighted by atomic mass is 10.1. The molecule has 1 unspecified atom stereocenters. The number of aliphatic hydroxyl groups is 1. The van der Waals surface area contributed by atoms with Crippen molar-refractivity contribution in [2.24, 2.45) is 5.92 Å². The lowest BCUT2D eigenvalue weighted by Gasteiger charge is -2.18. The molecule has 1 aliphatic carbocycles. The van der Waals surface area contributed by atoms with E-state index >= 15 is 0 Å². The summed E-state index contributed by atoms with van der Waals surface area (Å²) < 4.78 is 0. The molecule has 0 saturated carbocycles. The van der Waals surface area contributed by atoms with E-state index in [4.69, 9.17) is 5.11 Å². The van der Waals surface area contributed by atoms with Gasteiger partial charge < -0.3 is 10.4 Å². The molecule has 2 rings (SSSR count). The number of thiophene rings is 1. The number of hydrogen-bond donors (Lipinski definition) is 2. The summed E-state index contributed by atoms with van der Waals surface area (Å²) in [5.74, 6) is 0.353. The second-order valence-corrected chi connectivity index (χ2v) is 5.55. The van der Waals surface area contributed by atoms with Crippen LogP contribution in [0.1, 0.15) is 18.2 Å². The van der Waals surface area contributed by atoms with Gasteiger partial charge in [-0.1, -0.05) is 18.2 Å². The zero-order chi connectivity index (χ0) is 11.4. The summed E-state index contributed by atoms with van der Waals surface area (Å²) in [6, 6.07) is 5.21. The summed E-state index contributed by atoms with van der Waals surface area (Å²) in [7, 11) is 0. The number of aliphatic hydroxyl groups excluding tert-OH is 1. The van der Waals surface area contributed by atoms with Gasteiger partial charge in [0, 0.05) is 29.5 Å². The molecule has 1 aromatic rings. The first-order valence-electron chi connectivity index (χ1n) is 5.85. The smallest absolute Gasteiger partial charge is 0.0494 e. The van der Waals surface area contributed by atoms with E-state index in [9.17, 15) is 0 Å². The van der Waals surface area contributed by atoms with Crippen LogP contribution in [0.15, 0.2) is 29.7 Å². The van der Waals surface area contributed by atoms with E-state index in [2.05, 4.69) is 41.9 Å². The van der Waals surface area contributed by atoms with Gasteiger partial charge in [0.2, 0.25) is 0 Å². The Bertz CT molecular complexity index is 334. The van der Waals surface area contributed by atoms with Gasteiger partial charge in [0.15, 0.2) is 0 Å². The highest BCUT2D eigenvalue weighted by molar-refractivity contribution is 7.09. The second-order valence-electron chi connectivity index (χ2n) is 4.52. The Balaban J connectivity index is 1.76. The van der Waals surface area contributed by atoms with Gasteiger partial charge in [0.05, 0.1) is 0 Å². The average Bonchev–Trinajstić information content (AvgIpc) is 2.89. The minimum atomic E-state index is 0.272. The van der Waals surface area contributed by atoms with Gasteiger partial charge in [-0.2, -0.15) is 0 Å². The molecule has 0 amide bonds.